The molecule has 4 heteroatoms. The number of nitrogens with zero attached hydrogens (tertiary/aromatic N) is 2. The van der Waals surface area contributed by atoms with E-state index in [4.69, 9.17) is 0 Å². The first-order chi connectivity index (χ1) is 8.66. The van der Waals surface area contributed by atoms with Crippen LogP contribution in [0.4, 0.5) is 10.2 Å². The fourth-order valence-corrected chi connectivity index (χ4v) is 2.45. The maximum absolute atomic E-state index is 12.9. The lowest BCUT2D eigenvalue weighted by atomic mass is 9.97. The molecule has 3 nitrogen and oxygen atoms in total. The topological polar surface area (TPSA) is 28.2 Å². The Balaban J connectivity index is 2.05. The number of piperidine rings is 1. The van der Waals surface area contributed by atoms with Gasteiger partial charge in [-0.3, -0.25) is 0 Å². The molecular formula is C14H22FN3. The fraction of sp³-hybridized carbons (Fsp3) is 0.643. The van der Waals surface area contributed by atoms with Crippen molar-refractivity contribution in [1.29, 1.82) is 0 Å². The van der Waals surface area contributed by atoms with Crippen molar-refractivity contribution in [2.75, 3.05) is 24.5 Å². The van der Waals surface area contributed by atoms with Gasteiger partial charge >= 0.3 is 0 Å². The fourth-order valence-electron chi connectivity index (χ4n) is 2.45. The second-order valence-electron chi connectivity index (χ2n) is 5.27. The molecule has 0 radical (unpaired) electrons. The molecule has 2 heterocycles. The van der Waals surface area contributed by atoms with Crippen LogP contribution >= 0.6 is 0 Å². The molecule has 1 N–H and O–H groups in total. The van der Waals surface area contributed by atoms with Gasteiger partial charge in [-0.05, 0) is 57.8 Å². The summed E-state index contributed by atoms with van der Waals surface area (Å²) in [5.41, 5.74) is 0. The Kier molecular flexibility index (Phi) is 4.53. The number of halogens is 1. The molecule has 2 rings (SSSR count). The van der Waals surface area contributed by atoms with Gasteiger partial charge in [0.1, 0.15) is 11.6 Å². The van der Waals surface area contributed by atoms with Gasteiger partial charge in [0.2, 0.25) is 0 Å². The van der Waals surface area contributed by atoms with Gasteiger partial charge in [-0.25, -0.2) is 9.37 Å². The molecule has 1 aromatic rings. The summed E-state index contributed by atoms with van der Waals surface area (Å²) in [5, 5.41) is 3.38. The Morgan fingerprint density at radius 3 is 2.67 bits per heavy atom. The first-order valence-electron chi connectivity index (χ1n) is 6.75. The third-order valence-corrected chi connectivity index (χ3v) is 3.54. The van der Waals surface area contributed by atoms with Crippen LogP contribution in [0.3, 0.4) is 0 Å². The summed E-state index contributed by atoms with van der Waals surface area (Å²) in [7, 11) is 0. The van der Waals surface area contributed by atoms with E-state index in [9.17, 15) is 4.39 Å². The molecule has 0 bridgehead atoms. The van der Waals surface area contributed by atoms with E-state index in [1.807, 2.05) is 0 Å². The zero-order chi connectivity index (χ0) is 13.0. The monoisotopic (exact) mass is 251 g/mol. The molecule has 0 spiro atoms. The van der Waals surface area contributed by atoms with Gasteiger partial charge in [-0.15, -0.1) is 0 Å². The summed E-state index contributed by atoms with van der Waals surface area (Å²) >= 11 is 0. The van der Waals surface area contributed by atoms with Gasteiger partial charge in [0.05, 0.1) is 6.20 Å². The second-order valence-corrected chi connectivity index (χ2v) is 5.27. The molecule has 0 atom stereocenters. The van der Waals surface area contributed by atoms with Gasteiger partial charge in [0.25, 0.3) is 0 Å². The molecule has 100 valence electrons. The molecule has 1 aliphatic rings. The van der Waals surface area contributed by atoms with E-state index in [1.165, 1.54) is 25.1 Å². The highest BCUT2D eigenvalue weighted by atomic mass is 19.1. The van der Waals surface area contributed by atoms with Gasteiger partial charge in [-0.1, -0.05) is 0 Å². The molecule has 0 amide bonds. The minimum absolute atomic E-state index is 0.274. The van der Waals surface area contributed by atoms with E-state index >= 15 is 0 Å². The molecule has 1 aliphatic heterocycles. The highest BCUT2D eigenvalue weighted by Crippen LogP contribution is 2.20. The van der Waals surface area contributed by atoms with E-state index in [1.54, 1.807) is 6.07 Å². The summed E-state index contributed by atoms with van der Waals surface area (Å²) in [6.45, 7) is 7.54. The van der Waals surface area contributed by atoms with Gasteiger partial charge in [-0.2, -0.15) is 0 Å². The van der Waals surface area contributed by atoms with Crippen LogP contribution in [0.5, 0.6) is 0 Å². The lowest BCUT2D eigenvalue weighted by Gasteiger charge is -2.33. The number of hydrogen-bond donors (Lipinski definition) is 1. The zero-order valence-electron chi connectivity index (χ0n) is 11.2. The van der Waals surface area contributed by atoms with Crippen LogP contribution in [-0.2, 0) is 0 Å². The molecule has 1 fully saturated rings. The molecule has 0 aromatic carbocycles. The molecule has 0 aliphatic carbocycles. The third kappa shape index (κ3) is 3.42. The van der Waals surface area contributed by atoms with Crippen molar-refractivity contribution >= 4 is 5.82 Å². The first-order valence-corrected chi connectivity index (χ1v) is 6.75. The number of aromatic nitrogens is 1. The SMILES string of the molecule is CC(C)N(CC1CCNCC1)c1ccc(F)cn1. The maximum Gasteiger partial charge on any atom is 0.141 e. The zero-order valence-corrected chi connectivity index (χ0v) is 11.2. The summed E-state index contributed by atoms with van der Waals surface area (Å²) in [6.07, 6.45) is 3.72. The van der Waals surface area contributed by atoms with Crippen LogP contribution in [0.1, 0.15) is 26.7 Å². The minimum Gasteiger partial charge on any atom is -0.354 e. The van der Waals surface area contributed by atoms with Crippen molar-refractivity contribution < 1.29 is 4.39 Å². The average Bonchev–Trinajstić information content (AvgIpc) is 2.38. The van der Waals surface area contributed by atoms with Crippen LogP contribution in [0, 0.1) is 11.7 Å². The van der Waals surface area contributed by atoms with E-state index in [-0.39, 0.29) is 5.82 Å². The maximum atomic E-state index is 12.9. The van der Waals surface area contributed by atoms with E-state index in [0.717, 1.165) is 25.5 Å². The van der Waals surface area contributed by atoms with Crippen LogP contribution in [0.15, 0.2) is 18.3 Å². The highest BCUT2D eigenvalue weighted by Gasteiger charge is 2.19. The van der Waals surface area contributed by atoms with Crippen LogP contribution in [0.25, 0.3) is 0 Å². The summed E-state index contributed by atoms with van der Waals surface area (Å²) in [5.74, 6) is 1.31. The standard InChI is InChI=1S/C14H22FN3/c1-11(2)18(10-12-5-7-16-8-6-12)14-4-3-13(15)9-17-14/h3-4,9,11-12,16H,5-8,10H2,1-2H3. The van der Waals surface area contributed by atoms with E-state index in [2.05, 4.69) is 29.0 Å². The van der Waals surface area contributed by atoms with Gasteiger partial charge < -0.3 is 10.2 Å². The molecule has 1 aromatic heterocycles. The van der Waals surface area contributed by atoms with Crippen molar-refractivity contribution in [2.45, 2.75) is 32.7 Å². The molecule has 1 saturated heterocycles. The quantitative estimate of drug-likeness (QED) is 0.891. The Labute approximate surface area is 108 Å². The summed E-state index contributed by atoms with van der Waals surface area (Å²) in [4.78, 5) is 6.47. The highest BCUT2D eigenvalue weighted by molar-refractivity contribution is 5.39. The molecule has 0 unspecified atom stereocenters. The second kappa shape index (κ2) is 6.14. The number of nitrogens with one attached hydrogen (secondary N) is 1. The van der Waals surface area contributed by atoms with Crippen LogP contribution in [-0.4, -0.2) is 30.7 Å². The number of hydrogen-bond acceptors (Lipinski definition) is 3. The predicted molar refractivity (Wildman–Crippen MR) is 72.3 cm³/mol. The Hall–Kier alpha value is -1.16. The first kappa shape index (κ1) is 13.3. The predicted octanol–water partition coefficient (Wildman–Crippen LogP) is 2.44. The van der Waals surface area contributed by atoms with Crippen molar-refractivity contribution in [3.05, 3.63) is 24.1 Å². The van der Waals surface area contributed by atoms with Crippen molar-refractivity contribution in [3.8, 4) is 0 Å². The number of pyridine rings is 1. The average molecular weight is 251 g/mol. The Morgan fingerprint density at radius 1 is 1.39 bits per heavy atom. The summed E-state index contributed by atoms with van der Waals surface area (Å²) < 4.78 is 12.9. The van der Waals surface area contributed by atoms with Crippen molar-refractivity contribution in [2.24, 2.45) is 5.92 Å². The molecule has 0 saturated carbocycles. The lowest BCUT2D eigenvalue weighted by Crippen LogP contribution is -2.40. The normalized spacial score (nSPS) is 17.1. The van der Waals surface area contributed by atoms with Crippen molar-refractivity contribution in [1.82, 2.24) is 10.3 Å². The Bertz CT molecular complexity index is 358. The van der Waals surface area contributed by atoms with Gasteiger partial charge in [0, 0.05) is 12.6 Å². The lowest BCUT2D eigenvalue weighted by molar-refractivity contribution is 0.367. The minimum atomic E-state index is -0.274. The van der Waals surface area contributed by atoms with E-state index < -0.39 is 0 Å². The molecular weight excluding hydrogens is 229 g/mol. The summed E-state index contributed by atoms with van der Waals surface area (Å²) in [6, 6.07) is 3.65. The van der Waals surface area contributed by atoms with E-state index in [0.29, 0.717) is 12.0 Å². The molecule has 18 heavy (non-hydrogen) atoms. The number of anilines is 1. The van der Waals surface area contributed by atoms with Gasteiger partial charge in [0.15, 0.2) is 0 Å². The van der Waals surface area contributed by atoms with Crippen LogP contribution in [0.2, 0.25) is 0 Å². The largest absolute Gasteiger partial charge is 0.354 e. The van der Waals surface area contributed by atoms with Crippen molar-refractivity contribution in [3.63, 3.8) is 0 Å². The number of rotatable bonds is 4. The van der Waals surface area contributed by atoms with Crippen LogP contribution < -0.4 is 10.2 Å². The third-order valence-electron chi connectivity index (χ3n) is 3.54. The Morgan fingerprint density at radius 2 is 2.11 bits per heavy atom. The smallest absolute Gasteiger partial charge is 0.141 e.